The van der Waals surface area contributed by atoms with Gasteiger partial charge in [-0.05, 0) is 19.1 Å². The van der Waals surface area contributed by atoms with Crippen LogP contribution < -0.4 is 5.73 Å². The minimum absolute atomic E-state index is 0.667. The molecule has 2 aromatic heterocycles. The number of rotatable bonds is 1. The van der Waals surface area contributed by atoms with Gasteiger partial charge in [-0.1, -0.05) is 18.2 Å². The third kappa shape index (κ3) is 1.41. The molecular weight excluding hydrogens is 214 g/mol. The van der Waals surface area contributed by atoms with Crippen LogP contribution in [0.5, 0.6) is 0 Å². The number of nitrogens with zero attached hydrogens (tertiary/aromatic N) is 2. The average Bonchev–Trinajstić information content (AvgIpc) is 2.86. The summed E-state index contributed by atoms with van der Waals surface area (Å²) in [6, 6.07) is 9.89. The minimum atomic E-state index is 0.667. The van der Waals surface area contributed by atoms with Crippen LogP contribution in [0, 0.1) is 6.92 Å². The van der Waals surface area contributed by atoms with Gasteiger partial charge in [0.25, 0.3) is 0 Å². The van der Waals surface area contributed by atoms with E-state index in [4.69, 9.17) is 10.2 Å². The van der Waals surface area contributed by atoms with Gasteiger partial charge >= 0.3 is 0 Å². The van der Waals surface area contributed by atoms with E-state index < -0.39 is 0 Å². The molecule has 0 aliphatic heterocycles. The quantitative estimate of drug-likeness (QED) is 0.695. The number of aromatic nitrogens is 2. The van der Waals surface area contributed by atoms with Crippen molar-refractivity contribution in [1.82, 2.24) is 9.78 Å². The summed E-state index contributed by atoms with van der Waals surface area (Å²) in [5.74, 6) is 1.43. The predicted octanol–water partition coefficient (Wildman–Crippen LogP) is 2.72. The van der Waals surface area contributed by atoms with Crippen LogP contribution in [0.3, 0.4) is 0 Å². The number of para-hydroxylation sites is 1. The highest BCUT2D eigenvalue weighted by Gasteiger charge is 2.15. The van der Waals surface area contributed by atoms with Gasteiger partial charge in [0.2, 0.25) is 0 Å². The number of nitrogen functional groups attached to an aromatic ring is 1. The second kappa shape index (κ2) is 3.38. The highest BCUT2D eigenvalue weighted by molar-refractivity contribution is 5.83. The molecule has 0 aliphatic rings. The Kier molecular flexibility index (Phi) is 1.98. The van der Waals surface area contributed by atoms with E-state index in [0.29, 0.717) is 5.82 Å². The van der Waals surface area contributed by atoms with E-state index in [0.717, 1.165) is 28.0 Å². The number of aryl methyl sites for hydroxylation is 1. The molecule has 3 rings (SSSR count). The van der Waals surface area contributed by atoms with Gasteiger partial charge in [0.15, 0.2) is 5.76 Å². The zero-order valence-electron chi connectivity index (χ0n) is 9.77. The average molecular weight is 227 g/mol. The summed E-state index contributed by atoms with van der Waals surface area (Å²) < 4.78 is 7.44. The van der Waals surface area contributed by atoms with Gasteiger partial charge in [-0.15, -0.1) is 0 Å². The van der Waals surface area contributed by atoms with Crippen molar-refractivity contribution in [3.8, 4) is 11.5 Å². The summed E-state index contributed by atoms with van der Waals surface area (Å²) >= 11 is 0. The molecule has 3 aromatic rings. The first-order valence-electron chi connectivity index (χ1n) is 5.45. The van der Waals surface area contributed by atoms with Crippen molar-refractivity contribution in [1.29, 1.82) is 0 Å². The first-order valence-corrected chi connectivity index (χ1v) is 5.45. The molecule has 2 heterocycles. The van der Waals surface area contributed by atoms with Gasteiger partial charge in [0, 0.05) is 18.0 Å². The van der Waals surface area contributed by atoms with Crippen molar-refractivity contribution in [2.75, 3.05) is 5.73 Å². The van der Waals surface area contributed by atoms with Crippen LogP contribution in [0.15, 0.2) is 34.7 Å². The molecule has 4 nitrogen and oxygen atoms in total. The Morgan fingerprint density at radius 3 is 2.71 bits per heavy atom. The molecular formula is C13H13N3O. The molecule has 0 aliphatic carbocycles. The number of nitrogens with two attached hydrogens (primary N) is 1. The van der Waals surface area contributed by atoms with Crippen LogP contribution in [0.2, 0.25) is 0 Å². The fraction of sp³-hybridized carbons (Fsp3) is 0.154. The molecule has 0 spiro atoms. The Bertz CT molecular complexity index is 661. The van der Waals surface area contributed by atoms with Gasteiger partial charge in [0.1, 0.15) is 17.1 Å². The predicted molar refractivity (Wildman–Crippen MR) is 67.6 cm³/mol. The summed E-state index contributed by atoms with van der Waals surface area (Å²) in [7, 11) is 1.83. The zero-order valence-corrected chi connectivity index (χ0v) is 9.77. The third-order valence-electron chi connectivity index (χ3n) is 3.00. The van der Waals surface area contributed by atoms with Crippen molar-refractivity contribution in [3.05, 3.63) is 35.9 Å². The standard InChI is InChI=1S/C13H13N3O/c1-8-12(15-16(2)13(8)14)11-7-9-5-3-4-6-10(9)17-11/h3-7H,14H2,1-2H3. The Labute approximate surface area is 98.6 Å². The number of anilines is 1. The second-order valence-corrected chi connectivity index (χ2v) is 4.13. The first kappa shape index (κ1) is 9.96. The summed E-state index contributed by atoms with van der Waals surface area (Å²) in [4.78, 5) is 0. The normalized spacial score (nSPS) is 11.2. The lowest BCUT2D eigenvalue weighted by Crippen LogP contribution is -1.97. The highest BCUT2D eigenvalue weighted by atomic mass is 16.3. The van der Waals surface area contributed by atoms with E-state index in [2.05, 4.69) is 5.10 Å². The molecule has 17 heavy (non-hydrogen) atoms. The molecule has 0 saturated heterocycles. The van der Waals surface area contributed by atoms with Crippen LogP contribution in [-0.2, 0) is 7.05 Å². The van der Waals surface area contributed by atoms with Crippen LogP contribution in [0.1, 0.15) is 5.56 Å². The first-order chi connectivity index (χ1) is 8.16. The molecule has 0 unspecified atom stereocenters. The van der Waals surface area contributed by atoms with Crippen LogP contribution in [0.25, 0.3) is 22.4 Å². The van der Waals surface area contributed by atoms with Crippen molar-refractivity contribution < 1.29 is 4.42 Å². The maximum Gasteiger partial charge on any atom is 0.156 e. The fourth-order valence-corrected chi connectivity index (χ4v) is 1.98. The van der Waals surface area contributed by atoms with E-state index in [1.165, 1.54) is 0 Å². The molecule has 0 atom stereocenters. The summed E-state index contributed by atoms with van der Waals surface area (Å²) in [5.41, 5.74) is 8.52. The molecule has 1 aromatic carbocycles. The van der Waals surface area contributed by atoms with Crippen molar-refractivity contribution in [2.24, 2.45) is 7.05 Å². The topological polar surface area (TPSA) is 57.0 Å². The molecule has 0 amide bonds. The summed E-state index contributed by atoms with van der Waals surface area (Å²) in [6.45, 7) is 1.95. The zero-order chi connectivity index (χ0) is 12.0. The van der Waals surface area contributed by atoms with Crippen LogP contribution >= 0.6 is 0 Å². The molecule has 4 heteroatoms. The van der Waals surface area contributed by atoms with Gasteiger partial charge in [-0.3, -0.25) is 4.68 Å². The van der Waals surface area contributed by atoms with Crippen molar-refractivity contribution >= 4 is 16.8 Å². The lowest BCUT2D eigenvalue weighted by atomic mass is 10.2. The number of fused-ring (bicyclic) bond motifs is 1. The Hall–Kier alpha value is -2.23. The fourth-order valence-electron chi connectivity index (χ4n) is 1.98. The summed E-state index contributed by atoms with van der Waals surface area (Å²) in [6.07, 6.45) is 0. The van der Waals surface area contributed by atoms with Gasteiger partial charge < -0.3 is 10.2 Å². The number of hydrogen-bond donors (Lipinski definition) is 1. The van der Waals surface area contributed by atoms with Gasteiger partial charge in [-0.25, -0.2) is 0 Å². The number of hydrogen-bond acceptors (Lipinski definition) is 3. The van der Waals surface area contributed by atoms with Crippen molar-refractivity contribution in [2.45, 2.75) is 6.92 Å². The third-order valence-corrected chi connectivity index (χ3v) is 3.00. The molecule has 0 saturated carbocycles. The molecule has 86 valence electrons. The monoisotopic (exact) mass is 227 g/mol. The largest absolute Gasteiger partial charge is 0.454 e. The minimum Gasteiger partial charge on any atom is -0.454 e. The Morgan fingerprint density at radius 1 is 1.29 bits per heavy atom. The van der Waals surface area contributed by atoms with E-state index in [9.17, 15) is 0 Å². The van der Waals surface area contributed by atoms with Gasteiger partial charge in [-0.2, -0.15) is 5.10 Å². The maximum absolute atomic E-state index is 5.89. The Balaban J connectivity index is 2.23. The lowest BCUT2D eigenvalue weighted by molar-refractivity contribution is 0.625. The maximum atomic E-state index is 5.89. The Morgan fingerprint density at radius 2 is 2.06 bits per heavy atom. The van der Waals surface area contributed by atoms with Crippen LogP contribution in [-0.4, -0.2) is 9.78 Å². The second-order valence-electron chi connectivity index (χ2n) is 4.13. The molecule has 0 fully saturated rings. The molecule has 0 radical (unpaired) electrons. The number of benzene rings is 1. The smallest absolute Gasteiger partial charge is 0.156 e. The van der Waals surface area contributed by atoms with E-state index in [1.807, 2.05) is 44.3 Å². The lowest BCUT2D eigenvalue weighted by Gasteiger charge is -1.92. The molecule has 2 N–H and O–H groups in total. The van der Waals surface area contributed by atoms with Crippen LogP contribution in [0.4, 0.5) is 5.82 Å². The van der Waals surface area contributed by atoms with E-state index >= 15 is 0 Å². The van der Waals surface area contributed by atoms with E-state index in [-0.39, 0.29) is 0 Å². The van der Waals surface area contributed by atoms with Crippen molar-refractivity contribution in [3.63, 3.8) is 0 Å². The SMILES string of the molecule is Cc1c(-c2cc3ccccc3o2)nn(C)c1N. The summed E-state index contributed by atoms with van der Waals surface area (Å²) in [5, 5.41) is 5.45. The highest BCUT2D eigenvalue weighted by Crippen LogP contribution is 2.30. The molecule has 0 bridgehead atoms. The van der Waals surface area contributed by atoms with E-state index in [1.54, 1.807) is 4.68 Å². The number of furan rings is 1. The van der Waals surface area contributed by atoms with Gasteiger partial charge in [0.05, 0.1) is 0 Å².